The lowest BCUT2D eigenvalue weighted by molar-refractivity contribution is -0.135. The number of aromatic nitrogens is 6. The van der Waals surface area contributed by atoms with E-state index in [1.54, 1.807) is 36.4 Å². The first-order valence-corrected chi connectivity index (χ1v) is 20.5. The molecule has 298 valence electrons. The third kappa shape index (κ3) is 11.6. The third-order valence-electron chi connectivity index (χ3n) is 8.65. The van der Waals surface area contributed by atoms with Crippen LogP contribution < -0.4 is 21.3 Å². The Labute approximate surface area is 324 Å². The molecule has 3 aromatic heterocycles. The number of aliphatic hydroxyl groups is 1. The Morgan fingerprint density at radius 2 is 1.96 bits per heavy atom. The van der Waals surface area contributed by atoms with Crippen molar-refractivity contribution in [1.82, 2.24) is 34.4 Å². The molecule has 5 N–H and O–H groups in total. The van der Waals surface area contributed by atoms with Crippen LogP contribution in [0.2, 0.25) is 0 Å². The van der Waals surface area contributed by atoms with E-state index in [4.69, 9.17) is 33.3 Å². The maximum Gasteiger partial charge on any atom is 0.697 e. The van der Waals surface area contributed by atoms with Crippen LogP contribution in [0.3, 0.4) is 0 Å². The van der Waals surface area contributed by atoms with Crippen molar-refractivity contribution in [3.05, 3.63) is 35.3 Å². The number of rotatable bonds is 5. The number of ether oxygens (including phenoxy) is 2. The molecular formula is C30H46N9O11P2S2+. The number of fused-ring (bicyclic) bond motifs is 4. The highest BCUT2D eigenvalue weighted by Gasteiger charge is 2.45. The lowest BCUT2D eigenvalue weighted by atomic mass is 10.1. The molecule has 0 aromatic carbocycles. The molecule has 3 aliphatic heterocycles. The summed E-state index contributed by atoms with van der Waals surface area (Å²) in [7, 11) is -0.874. The molecule has 1 saturated carbocycles. The number of hydrogen-bond donors (Lipinski definition) is 6. The summed E-state index contributed by atoms with van der Waals surface area (Å²) in [4.78, 5) is 56.1. The SMILES string of the molecule is CS.CS.Cn1cnc2c(=O)[nH]c(NC(=O)C3CCCN3C(=O)CN)nc21.O=[P+]1OCC2CC(Oc3ccncn3)C[C@@H]2OPOCC2OC[C@H](O1)[C@@H]2O. The third-order valence-corrected chi connectivity index (χ3v) is 10.1. The van der Waals surface area contributed by atoms with Crippen LogP contribution in [0, 0.1) is 5.92 Å². The van der Waals surface area contributed by atoms with Gasteiger partial charge in [-0.25, -0.2) is 15.0 Å². The summed E-state index contributed by atoms with van der Waals surface area (Å²) < 4.78 is 47.1. The number of amides is 2. The van der Waals surface area contributed by atoms with E-state index in [9.17, 15) is 24.1 Å². The van der Waals surface area contributed by atoms with E-state index < -0.39 is 44.1 Å². The van der Waals surface area contributed by atoms with Crippen LogP contribution in [0.15, 0.2) is 29.7 Å². The number of nitrogens with zero attached hydrogens (tertiary/aromatic N) is 6. The van der Waals surface area contributed by atoms with Gasteiger partial charge >= 0.3 is 8.25 Å². The van der Waals surface area contributed by atoms with Crippen molar-refractivity contribution in [2.24, 2.45) is 18.7 Å². The van der Waals surface area contributed by atoms with Gasteiger partial charge in [-0.3, -0.25) is 24.7 Å². The van der Waals surface area contributed by atoms with Gasteiger partial charge in [0.15, 0.2) is 26.3 Å². The minimum Gasteiger partial charge on any atom is -0.474 e. The zero-order valence-electron chi connectivity index (χ0n) is 29.8. The molecule has 7 rings (SSSR count). The molecule has 6 heterocycles. The number of imidazole rings is 1. The number of carbonyl (C=O) groups is 2. The normalized spacial score (nSPS) is 27.7. The monoisotopic (exact) mass is 834 g/mol. The van der Waals surface area contributed by atoms with Gasteiger partial charge in [0.2, 0.25) is 23.6 Å². The fourth-order valence-corrected chi connectivity index (χ4v) is 7.60. The molecule has 1 aliphatic carbocycles. The second-order valence-corrected chi connectivity index (χ2v) is 13.6. The quantitative estimate of drug-likeness (QED) is 0.155. The van der Waals surface area contributed by atoms with Crippen LogP contribution in [0.5, 0.6) is 5.88 Å². The summed E-state index contributed by atoms with van der Waals surface area (Å²) in [6, 6.07) is 1.10. The lowest BCUT2D eigenvalue weighted by Crippen LogP contribution is -2.45. The van der Waals surface area contributed by atoms with Crippen molar-refractivity contribution >= 4 is 71.5 Å². The van der Waals surface area contributed by atoms with Gasteiger partial charge in [-0.05, 0) is 31.8 Å². The van der Waals surface area contributed by atoms with Crippen LogP contribution in [0.25, 0.3) is 11.2 Å². The number of carbonyl (C=O) groups excluding carboxylic acids is 2. The van der Waals surface area contributed by atoms with Crippen molar-refractivity contribution in [2.45, 2.75) is 62.2 Å². The van der Waals surface area contributed by atoms with Gasteiger partial charge in [-0.1, -0.05) is 0 Å². The van der Waals surface area contributed by atoms with Crippen molar-refractivity contribution in [1.29, 1.82) is 0 Å². The van der Waals surface area contributed by atoms with E-state index in [2.05, 4.69) is 55.5 Å². The van der Waals surface area contributed by atoms with E-state index in [1.807, 2.05) is 0 Å². The molecule has 54 heavy (non-hydrogen) atoms. The Balaban J connectivity index is 0.000000223. The lowest BCUT2D eigenvalue weighted by Gasteiger charge is -2.23. The smallest absolute Gasteiger partial charge is 0.474 e. The number of anilines is 1. The van der Waals surface area contributed by atoms with E-state index in [0.717, 1.165) is 6.42 Å². The average Bonchev–Trinajstić information content (AvgIpc) is 3.99. The first-order chi connectivity index (χ1) is 26.2. The zero-order chi connectivity index (χ0) is 39.2. The van der Waals surface area contributed by atoms with Crippen LogP contribution in [0.4, 0.5) is 5.95 Å². The summed E-state index contributed by atoms with van der Waals surface area (Å²) in [5.74, 6) is -0.154. The van der Waals surface area contributed by atoms with E-state index in [0.29, 0.717) is 37.3 Å². The van der Waals surface area contributed by atoms with Crippen molar-refractivity contribution in [3.8, 4) is 5.88 Å². The number of aliphatic hydroxyl groups excluding tert-OH is 1. The second kappa shape index (κ2) is 22.0. The second-order valence-electron chi connectivity index (χ2n) is 12.0. The standard InChI is InChI=1S/C15H21N2O8P2.C13H17N7O3.2CH4S/c18-15-12-7-21-26-24-11-4-10(23-14-1-2-16-8-17-14)3-9(11)5-22-27(19)25-13(15)6-20-12;1-19-6-15-9-10(19)16-13(18-12(9)23)17-11(22)7-3-2-4-20(7)8(21)5-14;2*1-2/h1-2,8-13,15,18,26H,3-7H2;6-7H,2-5,14H2,1H3,(H2,16,17,18,22,23);2*2H,1H3/q+1;;;/t9?,10?,11-,12?,13-,15+;;;/m0.../s1. The number of hydrogen-bond acceptors (Lipinski definition) is 18. The number of nitrogens with one attached hydrogen (secondary N) is 2. The van der Waals surface area contributed by atoms with Gasteiger partial charge in [0.25, 0.3) is 5.56 Å². The minimum atomic E-state index is -2.37. The Kier molecular flexibility index (Phi) is 17.9. The topological polar surface area (TPSA) is 257 Å². The van der Waals surface area contributed by atoms with E-state index >= 15 is 0 Å². The highest BCUT2D eigenvalue weighted by Crippen LogP contribution is 2.39. The Bertz CT molecular complexity index is 1730. The van der Waals surface area contributed by atoms with Gasteiger partial charge in [0, 0.05) is 42.8 Å². The predicted molar refractivity (Wildman–Crippen MR) is 204 cm³/mol. The van der Waals surface area contributed by atoms with Gasteiger partial charge in [0.05, 0.1) is 32.2 Å². The minimum absolute atomic E-state index is 0.0189. The van der Waals surface area contributed by atoms with Gasteiger partial charge < -0.3 is 38.8 Å². The molecule has 2 bridgehead atoms. The number of H-pyrrole nitrogens is 1. The first kappa shape index (κ1) is 43.8. The summed E-state index contributed by atoms with van der Waals surface area (Å²) in [5, 5.41) is 12.7. The number of aromatic amines is 1. The molecule has 9 atom stereocenters. The molecule has 24 heteroatoms. The fourth-order valence-electron chi connectivity index (χ4n) is 6.11. The maximum atomic E-state index is 12.4. The molecule has 0 radical (unpaired) electrons. The van der Waals surface area contributed by atoms with Crippen LogP contribution >= 0.6 is 42.5 Å². The Hall–Kier alpha value is -2.88. The molecule has 4 aliphatic rings. The zero-order valence-corrected chi connectivity index (χ0v) is 33.5. The van der Waals surface area contributed by atoms with Crippen LogP contribution in [0.1, 0.15) is 25.7 Å². The maximum absolute atomic E-state index is 12.4. The molecule has 3 aromatic rings. The number of aryl methyl sites for hydroxylation is 1. The average molecular weight is 835 g/mol. The van der Waals surface area contributed by atoms with Gasteiger partial charge in [0.1, 0.15) is 37.3 Å². The summed E-state index contributed by atoms with van der Waals surface area (Å²) in [6.45, 7) is 0.875. The van der Waals surface area contributed by atoms with E-state index in [-0.39, 0.29) is 70.9 Å². The Morgan fingerprint density at radius 1 is 1.17 bits per heavy atom. The summed E-state index contributed by atoms with van der Waals surface area (Å²) in [6.07, 6.45) is 8.08. The van der Waals surface area contributed by atoms with Gasteiger partial charge in [-0.2, -0.15) is 30.2 Å². The number of thiol groups is 2. The highest BCUT2D eigenvalue weighted by molar-refractivity contribution is 7.79. The molecule has 2 amide bonds. The van der Waals surface area contributed by atoms with Crippen LogP contribution in [-0.2, 0) is 44.0 Å². The first-order valence-electron chi connectivity index (χ1n) is 16.8. The fraction of sp³-hybridized carbons (Fsp3) is 0.633. The molecule has 0 spiro atoms. The summed E-state index contributed by atoms with van der Waals surface area (Å²) in [5.41, 5.74) is 5.49. The number of nitrogens with two attached hydrogens (primary N) is 1. The molecule has 6 unspecified atom stereocenters. The highest BCUT2D eigenvalue weighted by atomic mass is 32.1. The molecular weight excluding hydrogens is 788 g/mol. The van der Waals surface area contributed by atoms with E-state index in [1.165, 1.54) is 17.6 Å². The predicted octanol–water partition coefficient (Wildman–Crippen LogP) is 1.01. The Morgan fingerprint density at radius 3 is 2.70 bits per heavy atom. The van der Waals surface area contributed by atoms with Crippen LogP contribution in [-0.4, -0.2) is 133 Å². The van der Waals surface area contributed by atoms with Crippen molar-refractivity contribution < 1.29 is 46.8 Å². The summed E-state index contributed by atoms with van der Waals surface area (Å²) >= 11 is 7.06. The molecule has 3 saturated heterocycles. The molecule has 20 nitrogen and oxygen atoms in total. The van der Waals surface area contributed by atoms with Crippen molar-refractivity contribution in [2.75, 3.05) is 50.7 Å². The number of likely N-dealkylation sites (tertiary alicyclic amines) is 1. The largest absolute Gasteiger partial charge is 0.697 e. The van der Waals surface area contributed by atoms with Gasteiger partial charge in [-0.15, -0.1) is 9.05 Å². The molecule has 4 fully saturated rings. The van der Waals surface area contributed by atoms with Crippen molar-refractivity contribution in [3.63, 3.8) is 0 Å².